The molecule has 21 heavy (non-hydrogen) atoms. The molecule has 0 bridgehead atoms. The first-order valence-corrected chi connectivity index (χ1v) is 6.65. The van der Waals surface area contributed by atoms with Crippen LogP contribution in [-0.2, 0) is 9.47 Å². The van der Waals surface area contributed by atoms with Crippen LogP contribution in [0.5, 0.6) is 0 Å². The maximum absolute atomic E-state index is 12.0. The monoisotopic (exact) mass is 427 g/mol. The van der Waals surface area contributed by atoms with E-state index >= 15 is 0 Å². The molecule has 0 spiro atoms. The molecule has 0 saturated heterocycles. The van der Waals surface area contributed by atoms with Crippen molar-refractivity contribution in [3.8, 4) is 0 Å². The van der Waals surface area contributed by atoms with Crippen molar-refractivity contribution in [2.45, 2.75) is 25.9 Å². The molecule has 0 unspecified atom stereocenters. The van der Waals surface area contributed by atoms with E-state index in [9.17, 15) is 13.2 Å². The number of ether oxygens (including phenoxy) is 2. The summed E-state index contributed by atoms with van der Waals surface area (Å²) in [5.74, 6) is 0.397. The molecule has 9 heteroatoms. The number of nitrogens with zero attached hydrogens (tertiary/aromatic N) is 1. The largest absolute Gasteiger partial charge is 0.390 e. The fourth-order valence-corrected chi connectivity index (χ4v) is 1.27. The molecule has 0 saturated carbocycles. The van der Waals surface area contributed by atoms with Crippen molar-refractivity contribution >= 4 is 29.9 Å². The minimum absolute atomic E-state index is 0. The number of aliphatic imine (C=N–C) groups is 1. The summed E-state index contributed by atoms with van der Waals surface area (Å²) in [4.78, 5) is 4.17. The Kier molecular flexibility index (Phi) is 16.0. The summed E-state index contributed by atoms with van der Waals surface area (Å²) < 4.78 is 46.1. The van der Waals surface area contributed by atoms with Gasteiger partial charge in [-0.1, -0.05) is 0 Å². The molecule has 0 rings (SSSR count). The van der Waals surface area contributed by atoms with Crippen molar-refractivity contribution in [2.75, 3.05) is 46.6 Å². The van der Waals surface area contributed by atoms with Crippen LogP contribution in [0.15, 0.2) is 4.99 Å². The molecular weight excluding hydrogens is 402 g/mol. The van der Waals surface area contributed by atoms with Crippen LogP contribution in [0.1, 0.15) is 19.8 Å². The highest BCUT2D eigenvalue weighted by Crippen LogP contribution is 2.17. The van der Waals surface area contributed by atoms with Gasteiger partial charge in [0.2, 0.25) is 0 Å². The number of methoxy groups -OCH3 is 1. The molecule has 0 aliphatic carbocycles. The van der Waals surface area contributed by atoms with Crippen molar-refractivity contribution in [3.63, 3.8) is 0 Å². The van der Waals surface area contributed by atoms with Crippen LogP contribution in [0.3, 0.4) is 0 Å². The Labute approximate surface area is 141 Å². The molecule has 0 aromatic rings. The fraction of sp³-hybridized carbons (Fsp3) is 0.917. The van der Waals surface area contributed by atoms with E-state index in [1.54, 1.807) is 7.11 Å². The molecular formula is C12H25F3IN3O2. The third kappa shape index (κ3) is 17.7. The number of alkyl halides is 3. The molecule has 5 nitrogen and oxygen atoms in total. The van der Waals surface area contributed by atoms with Gasteiger partial charge in [0, 0.05) is 33.4 Å². The Bertz CT molecular complexity index is 267. The van der Waals surface area contributed by atoms with Gasteiger partial charge in [0.1, 0.15) is 0 Å². The zero-order chi connectivity index (χ0) is 15.3. The van der Waals surface area contributed by atoms with Crippen LogP contribution >= 0.6 is 24.0 Å². The van der Waals surface area contributed by atoms with Crippen LogP contribution in [0.25, 0.3) is 0 Å². The first-order chi connectivity index (χ1) is 9.49. The van der Waals surface area contributed by atoms with E-state index in [1.807, 2.05) is 6.92 Å². The lowest BCUT2D eigenvalue weighted by Crippen LogP contribution is -2.39. The maximum Gasteiger partial charge on any atom is 0.390 e. The van der Waals surface area contributed by atoms with E-state index < -0.39 is 12.6 Å². The lowest BCUT2D eigenvalue weighted by molar-refractivity contribution is -0.132. The predicted octanol–water partition coefficient (Wildman–Crippen LogP) is 2.17. The van der Waals surface area contributed by atoms with Gasteiger partial charge in [0.15, 0.2) is 5.96 Å². The number of nitrogens with one attached hydrogen (secondary N) is 2. The molecule has 0 aromatic heterocycles. The highest BCUT2D eigenvalue weighted by molar-refractivity contribution is 14.0. The SMILES string of the molecule is CCNC(=NCCCOCCOC)NCCC(F)(F)F.I. The molecule has 128 valence electrons. The van der Waals surface area contributed by atoms with Gasteiger partial charge in [-0.15, -0.1) is 24.0 Å². The van der Waals surface area contributed by atoms with E-state index in [4.69, 9.17) is 9.47 Å². The van der Waals surface area contributed by atoms with Crippen LogP contribution in [0, 0.1) is 0 Å². The van der Waals surface area contributed by atoms with Crippen LogP contribution in [0.2, 0.25) is 0 Å². The average Bonchev–Trinajstić information content (AvgIpc) is 2.36. The molecule has 0 aromatic carbocycles. The number of rotatable bonds is 10. The number of hydrogen-bond donors (Lipinski definition) is 2. The molecule has 2 N–H and O–H groups in total. The Morgan fingerprint density at radius 3 is 2.43 bits per heavy atom. The van der Waals surface area contributed by atoms with Gasteiger partial charge < -0.3 is 20.1 Å². The minimum atomic E-state index is -4.15. The molecule has 0 fully saturated rings. The van der Waals surface area contributed by atoms with E-state index in [-0.39, 0.29) is 30.5 Å². The lowest BCUT2D eigenvalue weighted by Gasteiger charge is -2.12. The van der Waals surface area contributed by atoms with Crippen LogP contribution in [-0.4, -0.2) is 58.7 Å². The van der Waals surface area contributed by atoms with E-state index in [2.05, 4.69) is 15.6 Å². The van der Waals surface area contributed by atoms with Gasteiger partial charge in [0.05, 0.1) is 19.6 Å². The minimum Gasteiger partial charge on any atom is -0.382 e. The second-order valence-corrected chi connectivity index (χ2v) is 4.01. The molecule has 0 radical (unpaired) electrons. The summed E-state index contributed by atoms with van der Waals surface area (Å²) in [6, 6.07) is 0. The maximum atomic E-state index is 12.0. The van der Waals surface area contributed by atoms with Gasteiger partial charge in [-0.3, -0.25) is 4.99 Å². The third-order valence-electron chi connectivity index (χ3n) is 2.19. The lowest BCUT2D eigenvalue weighted by atomic mass is 10.4. The van der Waals surface area contributed by atoms with E-state index in [0.29, 0.717) is 45.3 Å². The van der Waals surface area contributed by atoms with Crippen molar-refractivity contribution in [2.24, 2.45) is 4.99 Å². The van der Waals surface area contributed by atoms with Crippen LogP contribution in [0.4, 0.5) is 13.2 Å². The van der Waals surface area contributed by atoms with Crippen LogP contribution < -0.4 is 10.6 Å². The number of guanidine groups is 1. The predicted molar refractivity (Wildman–Crippen MR) is 87.4 cm³/mol. The van der Waals surface area contributed by atoms with Crippen molar-refractivity contribution in [1.29, 1.82) is 0 Å². The molecule has 0 atom stereocenters. The van der Waals surface area contributed by atoms with Crippen molar-refractivity contribution in [3.05, 3.63) is 0 Å². The second-order valence-electron chi connectivity index (χ2n) is 4.01. The topological polar surface area (TPSA) is 54.9 Å². The Morgan fingerprint density at radius 2 is 1.86 bits per heavy atom. The van der Waals surface area contributed by atoms with E-state index in [0.717, 1.165) is 0 Å². The van der Waals surface area contributed by atoms with Gasteiger partial charge in [-0.05, 0) is 13.3 Å². The highest BCUT2D eigenvalue weighted by Gasteiger charge is 2.26. The summed E-state index contributed by atoms with van der Waals surface area (Å²) in [7, 11) is 1.60. The zero-order valence-electron chi connectivity index (χ0n) is 12.5. The van der Waals surface area contributed by atoms with Gasteiger partial charge in [0.25, 0.3) is 0 Å². The average molecular weight is 427 g/mol. The normalized spacial score (nSPS) is 12.0. The summed E-state index contributed by atoms with van der Waals surface area (Å²) in [6.07, 6.45) is -4.32. The molecule has 0 aliphatic heterocycles. The van der Waals surface area contributed by atoms with E-state index in [1.165, 1.54) is 0 Å². The molecule has 0 amide bonds. The van der Waals surface area contributed by atoms with Crippen molar-refractivity contribution in [1.82, 2.24) is 10.6 Å². The summed E-state index contributed by atoms with van der Waals surface area (Å²) >= 11 is 0. The smallest absolute Gasteiger partial charge is 0.382 e. The summed E-state index contributed by atoms with van der Waals surface area (Å²) in [5, 5.41) is 5.54. The number of halogens is 4. The second kappa shape index (κ2) is 14.6. The van der Waals surface area contributed by atoms with Gasteiger partial charge >= 0.3 is 6.18 Å². The van der Waals surface area contributed by atoms with Gasteiger partial charge in [-0.25, -0.2) is 0 Å². The van der Waals surface area contributed by atoms with Crippen molar-refractivity contribution < 1.29 is 22.6 Å². The fourth-order valence-electron chi connectivity index (χ4n) is 1.27. The Balaban J connectivity index is 0. The Hall–Kier alpha value is -0.290. The number of hydrogen-bond acceptors (Lipinski definition) is 3. The molecule has 0 heterocycles. The third-order valence-corrected chi connectivity index (χ3v) is 2.19. The summed E-state index contributed by atoms with van der Waals surface area (Å²) in [5.41, 5.74) is 0. The standard InChI is InChI=1S/C12H24F3N3O2.HI/c1-3-16-11(18-7-5-12(13,14)15)17-6-4-8-20-10-9-19-2;/h3-10H2,1-2H3,(H2,16,17,18);1H. The summed E-state index contributed by atoms with van der Waals surface area (Å²) in [6.45, 7) is 4.40. The van der Waals surface area contributed by atoms with Gasteiger partial charge in [-0.2, -0.15) is 13.2 Å². The molecule has 0 aliphatic rings. The first-order valence-electron chi connectivity index (χ1n) is 6.65. The zero-order valence-corrected chi connectivity index (χ0v) is 14.8. The quantitative estimate of drug-likeness (QED) is 0.243. The Morgan fingerprint density at radius 1 is 1.14 bits per heavy atom. The first kappa shape index (κ1) is 23.0. The highest BCUT2D eigenvalue weighted by atomic mass is 127.